The third-order valence-corrected chi connectivity index (χ3v) is 3.26. The summed E-state index contributed by atoms with van der Waals surface area (Å²) >= 11 is 0. The first-order valence-electron chi connectivity index (χ1n) is 6.29. The Bertz CT molecular complexity index is 365. The first-order valence-corrected chi connectivity index (χ1v) is 6.29. The molecule has 0 fully saturated rings. The van der Waals surface area contributed by atoms with E-state index in [1.807, 2.05) is 6.92 Å². The third-order valence-electron chi connectivity index (χ3n) is 3.26. The Hall–Kier alpha value is -1.02. The molecule has 1 unspecified atom stereocenters. The highest BCUT2D eigenvalue weighted by molar-refractivity contribution is 5.31. The first-order chi connectivity index (χ1) is 7.83. The fourth-order valence-electron chi connectivity index (χ4n) is 2.38. The van der Waals surface area contributed by atoms with Gasteiger partial charge in [-0.15, -0.1) is 0 Å². The van der Waals surface area contributed by atoms with E-state index in [9.17, 15) is 0 Å². The summed E-state index contributed by atoms with van der Waals surface area (Å²) in [6, 6.07) is 2.48. The smallest absolute Gasteiger partial charge is 0.105 e. The van der Waals surface area contributed by atoms with Crippen molar-refractivity contribution in [3.63, 3.8) is 0 Å². The van der Waals surface area contributed by atoms with Crippen LogP contribution in [-0.2, 0) is 0 Å². The van der Waals surface area contributed by atoms with Gasteiger partial charge in [0.1, 0.15) is 5.76 Å². The molecule has 16 heavy (non-hydrogen) atoms. The molecule has 2 nitrogen and oxygen atoms in total. The van der Waals surface area contributed by atoms with Crippen LogP contribution < -0.4 is 5.32 Å². The number of hydrogen-bond donors (Lipinski definition) is 1. The minimum absolute atomic E-state index is 0.376. The van der Waals surface area contributed by atoms with Crippen LogP contribution in [0.3, 0.4) is 0 Å². The molecule has 1 N–H and O–H groups in total. The lowest BCUT2D eigenvalue weighted by Gasteiger charge is -2.19. The maximum absolute atomic E-state index is 5.42. The highest BCUT2D eigenvalue weighted by Gasteiger charge is 2.21. The van der Waals surface area contributed by atoms with Crippen molar-refractivity contribution in [3.05, 3.63) is 35.3 Å². The molecule has 2 heteroatoms. The van der Waals surface area contributed by atoms with Crippen molar-refractivity contribution in [1.29, 1.82) is 0 Å². The zero-order chi connectivity index (χ0) is 11.4. The van der Waals surface area contributed by atoms with Crippen molar-refractivity contribution in [1.82, 2.24) is 5.32 Å². The third kappa shape index (κ3) is 2.38. The molecule has 2 rings (SSSR count). The standard InChI is InChI=1S/C14H21NO/c1-3-9-15-14(12-6-4-5-7-12)13-8-10-16-11(13)2/h6,8,10,14-15H,3-5,7,9H2,1-2H3. The molecule has 0 radical (unpaired) electrons. The molecule has 0 aliphatic heterocycles. The van der Waals surface area contributed by atoms with Crippen LogP contribution in [0.5, 0.6) is 0 Å². The van der Waals surface area contributed by atoms with E-state index in [-0.39, 0.29) is 0 Å². The number of nitrogens with one attached hydrogen (secondary N) is 1. The molecule has 1 aliphatic rings. The lowest BCUT2D eigenvalue weighted by Crippen LogP contribution is -2.23. The van der Waals surface area contributed by atoms with E-state index < -0.39 is 0 Å². The lowest BCUT2D eigenvalue weighted by atomic mass is 9.98. The highest BCUT2D eigenvalue weighted by Crippen LogP contribution is 2.32. The summed E-state index contributed by atoms with van der Waals surface area (Å²) in [5.41, 5.74) is 2.85. The summed E-state index contributed by atoms with van der Waals surface area (Å²) in [4.78, 5) is 0. The molecule has 1 aromatic rings. The molecular weight excluding hydrogens is 198 g/mol. The molecule has 1 heterocycles. The van der Waals surface area contributed by atoms with Crippen LogP contribution in [0.2, 0.25) is 0 Å². The Morgan fingerprint density at radius 2 is 2.38 bits per heavy atom. The van der Waals surface area contributed by atoms with Gasteiger partial charge in [-0.1, -0.05) is 18.6 Å². The maximum Gasteiger partial charge on any atom is 0.105 e. The normalized spacial score (nSPS) is 17.5. The van der Waals surface area contributed by atoms with Gasteiger partial charge in [-0.2, -0.15) is 0 Å². The van der Waals surface area contributed by atoms with Crippen LogP contribution in [0.25, 0.3) is 0 Å². The summed E-state index contributed by atoms with van der Waals surface area (Å²) in [5.74, 6) is 1.04. The number of aryl methyl sites for hydroxylation is 1. The van der Waals surface area contributed by atoms with Crippen molar-refractivity contribution >= 4 is 0 Å². The molecule has 0 saturated heterocycles. The van der Waals surface area contributed by atoms with E-state index in [0.717, 1.165) is 12.3 Å². The lowest BCUT2D eigenvalue weighted by molar-refractivity contribution is 0.513. The quantitative estimate of drug-likeness (QED) is 0.763. The van der Waals surface area contributed by atoms with Crippen LogP contribution in [-0.4, -0.2) is 6.54 Å². The molecule has 0 bridgehead atoms. The molecular formula is C14H21NO. The average molecular weight is 219 g/mol. The summed E-state index contributed by atoms with van der Waals surface area (Å²) in [6.07, 6.45) is 9.11. The number of furan rings is 1. The summed E-state index contributed by atoms with van der Waals surface area (Å²) in [7, 11) is 0. The van der Waals surface area contributed by atoms with E-state index in [1.54, 1.807) is 6.26 Å². The second-order valence-electron chi connectivity index (χ2n) is 4.49. The highest BCUT2D eigenvalue weighted by atomic mass is 16.3. The molecule has 0 amide bonds. The molecule has 0 saturated carbocycles. The van der Waals surface area contributed by atoms with Gasteiger partial charge in [-0.3, -0.25) is 0 Å². The van der Waals surface area contributed by atoms with E-state index in [1.165, 1.54) is 36.8 Å². The minimum atomic E-state index is 0.376. The van der Waals surface area contributed by atoms with E-state index >= 15 is 0 Å². The zero-order valence-electron chi connectivity index (χ0n) is 10.3. The van der Waals surface area contributed by atoms with Crippen LogP contribution in [0.15, 0.2) is 28.4 Å². The number of rotatable bonds is 5. The molecule has 1 aliphatic carbocycles. The predicted octanol–water partition coefficient (Wildman–Crippen LogP) is 3.74. The topological polar surface area (TPSA) is 25.2 Å². The van der Waals surface area contributed by atoms with Crippen molar-refractivity contribution < 1.29 is 4.42 Å². The van der Waals surface area contributed by atoms with E-state index in [4.69, 9.17) is 4.42 Å². The van der Waals surface area contributed by atoms with Crippen LogP contribution in [0, 0.1) is 6.92 Å². The largest absolute Gasteiger partial charge is 0.469 e. The summed E-state index contributed by atoms with van der Waals surface area (Å²) in [6.45, 7) is 5.31. The van der Waals surface area contributed by atoms with Crippen molar-refractivity contribution in [2.75, 3.05) is 6.54 Å². The minimum Gasteiger partial charge on any atom is -0.469 e. The second kappa shape index (κ2) is 5.35. The van der Waals surface area contributed by atoms with Crippen LogP contribution in [0.1, 0.15) is 50.0 Å². The van der Waals surface area contributed by atoms with Gasteiger partial charge in [0.2, 0.25) is 0 Å². The zero-order valence-corrected chi connectivity index (χ0v) is 10.3. The predicted molar refractivity (Wildman–Crippen MR) is 66.4 cm³/mol. The van der Waals surface area contributed by atoms with E-state index in [0.29, 0.717) is 6.04 Å². The van der Waals surface area contributed by atoms with Crippen molar-refractivity contribution in [3.8, 4) is 0 Å². The maximum atomic E-state index is 5.42. The van der Waals surface area contributed by atoms with Gasteiger partial charge in [0, 0.05) is 5.56 Å². The average Bonchev–Trinajstić information content (AvgIpc) is 2.91. The van der Waals surface area contributed by atoms with Crippen LogP contribution >= 0.6 is 0 Å². The molecule has 0 spiro atoms. The van der Waals surface area contributed by atoms with Crippen LogP contribution in [0.4, 0.5) is 0 Å². The Morgan fingerprint density at radius 3 is 2.94 bits per heavy atom. The van der Waals surface area contributed by atoms with Gasteiger partial charge >= 0.3 is 0 Å². The van der Waals surface area contributed by atoms with Gasteiger partial charge in [0.15, 0.2) is 0 Å². The Balaban J connectivity index is 2.17. The van der Waals surface area contributed by atoms with Crippen molar-refractivity contribution in [2.45, 2.75) is 45.6 Å². The Labute approximate surface area is 97.7 Å². The van der Waals surface area contributed by atoms with E-state index in [2.05, 4.69) is 24.4 Å². The van der Waals surface area contributed by atoms with Gasteiger partial charge in [-0.25, -0.2) is 0 Å². The molecule has 1 aromatic heterocycles. The second-order valence-corrected chi connectivity index (χ2v) is 4.49. The summed E-state index contributed by atoms with van der Waals surface area (Å²) < 4.78 is 5.42. The molecule has 1 atom stereocenters. The fourth-order valence-corrected chi connectivity index (χ4v) is 2.38. The van der Waals surface area contributed by atoms with Crippen molar-refractivity contribution in [2.24, 2.45) is 0 Å². The monoisotopic (exact) mass is 219 g/mol. The molecule has 88 valence electrons. The Kier molecular flexibility index (Phi) is 3.83. The van der Waals surface area contributed by atoms with Gasteiger partial charge in [-0.05, 0) is 45.2 Å². The van der Waals surface area contributed by atoms with Gasteiger partial charge in [0.25, 0.3) is 0 Å². The molecule has 0 aromatic carbocycles. The number of allylic oxidation sites excluding steroid dienone is 1. The van der Waals surface area contributed by atoms with Gasteiger partial charge < -0.3 is 9.73 Å². The summed E-state index contributed by atoms with van der Waals surface area (Å²) in [5, 5.41) is 3.63. The van der Waals surface area contributed by atoms with Gasteiger partial charge in [0.05, 0.1) is 12.3 Å². The first kappa shape index (κ1) is 11.5. The fraction of sp³-hybridized carbons (Fsp3) is 0.571. The Morgan fingerprint density at radius 1 is 1.50 bits per heavy atom. The SMILES string of the molecule is CCCNC(C1=CCCC1)c1ccoc1C. The number of hydrogen-bond acceptors (Lipinski definition) is 2.